The highest BCUT2D eigenvalue weighted by atomic mass is 15.4. The van der Waals surface area contributed by atoms with Gasteiger partial charge in [0.2, 0.25) is 0 Å². The summed E-state index contributed by atoms with van der Waals surface area (Å²) < 4.78 is 1.72. The van der Waals surface area contributed by atoms with Crippen LogP contribution in [0.1, 0.15) is 35.8 Å². The molecule has 2 aliphatic rings. The first-order valence-electron chi connectivity index (χ1n) is 9.21. The lowest BCUT2D eigenvalue weighted by molar-refractivity contribution is 0.631. The Kier molecular flexibility index (Phi) is 3.51. The average molecular weight is 350 g/mol. The summed E-state index contributed by atoms with van der Waals surface area (Å²) in [5, 5.41) is 12.5. The molecule has 1 saturated heterocycles. The van der Waals surface area contributed by atoms with Crippen molar-refractivity contribution in [3.63, 3.8) is 0 Å². The van der Waals surface area contributed by atoms with Gasteiger partial charge in [-0.2, -0.15) is 4.52 Å². The zero-order valence-electron chi connectivity index (χ0n) is 15.1. The van der Waals surface area contributed by atoms with Crippen LogP contribution < -0.4 is 9.80 Å². The van der Waals surface area contributed by atoms with E-state index in [1.165, 1.54) is 18.4 Å². The molecule has 4 heterocycles. The van der Waals surface area contributed by atoms with E-state index < -0.39 is 0 Å². The van der Waals surface area contributed by atoms with Crippen molar-refractivity contribution in [3.05, 3.63) is 35.5 Å². The van der Waals surface area contributed by atoms with E-state index in [2.05, 4.69) is 38.9 Å². The maximum atomic E-state index is 4.91. The van der Waals surface area contributed by atoms with Crippen molar-refractivity contribution in [3.8, 4) is 0 Å². The highest BCUT2D eigenvalue weighted by molar-refractivity contribution is 5.52. The molecule has 8 nitrogen and oxygen atoms in total. The molecule has 0 atom stereocenters. The molecule has 0 spiro atoms. The van der Waals surface area contributed by atoms with E-state index in [0.29, 0.717) is 5.92 Å². The zero-order valence-corrected chi connectivity index (χ0v) is 15.1. The van der Waals surface area contributed by atoms with Crippen molar-refractivity contribution < 1.29 is 0 Å². The Balaban J connectivity index is 1.35. The Bertz CT molecular complexity index is 953. The van der Waals surface area contributed by atoms with E-state index in [1.807, 2.05) is 12.1 Å². The van der Waals surface area contributed by atoms with Crippen molar-refractivity contribution in [1.29, 1.82) is 0 Å². The van der Waals surface area contributed by atoms with Crippen LogP contribution in [0.3, 0.4) is 0 Å². The molecule has 0 radical (unpaired) electrons. The summed E-state index contributed by atoms with van der Waals surface area (Å²) in [4.78, 5) is 14.3. The highest BCUT2D eigenvalue weighted by Crippen LogP contribution is 2.39. The molecule has 0 amide bonds. The number of hydrogen-bond donors (Lipinski definition) is 0. The van der Waals surface area contributed by atoms with Crippen molar-refractivity contribution in [2.24, 2.45) is 0 Å². The fraction of sp³-hybridized carbons (Fsp3) is 0.500. The summed E-state index contributed by atoms with van der Waals surface area (Å²) in [5.41, 5.74) is 3.08. The van der Waals surface area contributed by atoms with E-state index in [0.717, 1.165) is 55.0 Å². The van der Waals surface area contributed by atoms with Gasteiger partial charge in [-0.3, -0.25) is 0 Å². The van der Waals surface area contributed by atoms with Gasteiger partial charge in [-0.15, -0.1) is 15.3 Å². The normalized spacial score (nSPS) is 17.9. The summed E-state index contributed by atoms with van der Waals surface area (Å²) in [5.74, 6) is 3.69. The lowest BCUT2D eigenvalue weighted by Crippen LogP contribution is -2.47. The minimum atomic E-state index is 0.578. The van der Waals surface area contributed by atoms with Crippen LogP contribution in [-0.2, 0) is 0 Å². The quantitative estimate of drug-likeness (QED) is 0.712. The number of aromatic nitrogens is 6. The number of anilines is 2. The summed E-state index contributed by atoms with van der Waals surface area (Å²) in [6, 6.07) is 3.98. The second kappa shape index (κ2) is 5.89. The lowest BCUT2D eigenvalue weighted by Gasteiger charge is -2.36. The third-order valence-corrected chi connectivity index (χ3v) is 5.37. The van der Waals surface area contributed by atoms with Crippen LogP contribution in [0.15, 0.2) is 18.5 Å². The van der Waals surface area contributed by atoms with Crippen molar-refractivity contribution >= 4 is 17.3 Å². The van der Waals surface area contributed by atoms with Crippen LogP contribution in [-0.4, -0.2) is 56.0 Å². The van der Waals surface area contributed by atoms with Crippen LogP contribution in [0.25, 0.3) is 5.65 Å². The molecule has 0 bridgehead atoms. The second-order valence-corrected chi connectivity index (χ2v) is 7.19. The van der Waals surface area contributed by atoms with E-state index >= 15 is 0 Å². The third-order valence-electron chi connectivity index (χ3n) is 5.37. The fourth-order valence-corrected chi connectivity index (χ4v) is 3.50. The molecule has 0 aromatic carbocycles. The molecule has 5 rings (SSSR count). The molecule has 134 valence electrons. The van der Waals surface area contributed by atoms with Crippen molar-refractivity contribution in [2.75, 3.05) is 36.0 Å². The Labute approximate surface area is 151 Å². The van der Waals surface area contributed by atoms with Gasteiger partial charge in [0.15, 0.2) is 5.65 Å². The van der Waals surface area contributed by atoms with Crippen molar-refractivity contribution in [1.82, 2.24) is 29.8 Å². The third kappa shape index (κ3) is 2.65. The summed E-state index contributed by atoms with van der Waals surface area (Å²) in [6.07, 6.45) is 4.10. The topological polar surface area (TPSA) is 75.3 Å². The molecule has 0 N–H and O–H groups in total. The minimum absolute atomic E-state index is 0.578. The number of aryl methyl sites for hydroxylation is 1. The summed E-state index contributed by atoms with van der Waals surface area (Å²) in [7, 11) is 0. The van der Waals surface area contributed by atoms with Gasteiger partial charge < -0.3 is 9.80 Å². The van der Waals surface area contributed by atoms with E-state index in [1.54, 1.807) is 10.8 Å². The van der Waals surface area contributed by atoms with E-state index in [4.69, 9.17) is 9.97 Å². The number of rotatable bonds is 3. The SMILES string of the molecule is Cc1nc(C2CC2)nc(N2CCN(c3ccc4nncn4n3)CC2)c1C. The number of hydrogen-bond acceptors (Lipinski definition) is 7. The molecule has 8 heteroatoms. The van der Waals surface area contributed by atoms with Crippen LogP contribution in [0.2, 0.25) is 0 Å². The van der Waals surface area contributed by atoms with Crippen LogP contribution in [0, 0.1) is 13.8 Å². The molecule has 2 fully saturated rings. The van der Waals surface area contributed by atoms with E-state index in [9.17, 15) is 0 Å². The smallest absolute Gasteiger partial charge is 0.177 e. The Hall–Kier alpha value is -2.77. The van der Waals surface area contributed by atoms with Gasteiger partial charge in [0.05, 0.1) is 0 Å². The zero-order chi connectivity index (χ0) is 17.7. The Morgan fingerprint density at radius 2 is 1.73 bits per heavy atom. The van der Waals surface area contributed by atoms with Crippen LogP contribution in [0.5, 0.6) is 0 Å². The number of fused-ring (bicyclic) bond motifs is 1. The molecule has 26 heavy (non-hydrogen) atoms. The molecule has 3 aromatic heterocycles. The predicted molar refractivity (Wildman–Crippen MR) is 98.7 cm³/mol. The standard InChI is InChI=1S/C18H22N8/c1-12-13(2)20-17(14-3-4-14)21-18(12)25-9-7-24(8-10-25)16-6-5-15-22-19-11-26(15)23-16/h5-6,11,14H,3-4,7-10H2,1-2H3. The first-order chi connectivity index (χ1) is 12.7. The minimum Gasteiger partial charge on any atom is -0.353 e. The Morgan fingerprint density at radius 3 is 2.50 bits per heavy atom. The molecule has 0 unspecified atom stereocenters. The van der Waals surface area contributed by atoms with Crippen LogP contribution in [0.4, 0.5) is 11.6 Å². The monoisotopic (exact) mass is 350 g/mol. The molecular weight excluding hydrogens is 328 g/mol. The fourth-order valence-electron chi connectivity index (χ4n) is 3.50. The van der Waals surface area contributed by atoms with Crippen LogP contribution >= 0.6 is 0 Å². The average Bonchev–Trinajstić information content (AvgIpc) is 3.41. The van der Waals surface area contributed by atoms with Gasteiger partial charge in [-0.1, -0.05) is 0 Å². The second-order valence-electron chi connectivity index (χ2n) is 7.19. The van der Waals surface area contributed by atoms with Gasteiger partial charge in [0.25, 0.3) is 0 Å². The summed E-state index contributed by atoms with van der Waals surface area (Å²) >= 11 is 0. The van der Waals surface area contributed by atoms with Gasteiger partial charge >= 0.3 is 0 Å². The maximum absolute atomic E-state index is 4.91. The highest BCUT2D eigenvalue weighted by Gasteiger charge is 2.29. The lowest BCUT2D eigenvalue weighted by atomic mass is 10.2. The molecule has 1 aliphatic heterocycles. The molecular formula is C18H22N8. The molecule has 3 aromatic rings. The first kappa shape index (κ1) is 15.5. The van der Waals surface area contributed by atoms with Gasteiger partial charge in [-0.05, 0) is 38.8 Å². The number of nitrogens with zero attached hydrogens (tertiary/aromatic N) is 8. The largest absolute Gasteiger partial charge is 0.353 e. The predicted octanol–water partition coefficient (Wildman–Crippen LogP) is 1.74. The molecule has 1 aliphatic carbocycles. The Morgan fingerprint density at radius 1 is 0.962 bits per heavy atom. The first-order valence-corrected chi connectivity index (χ1v) is 9.21. The van der Waals surface area contributed by atoms with E-state index in [-0.39, 0.29) is 0 Å². The van der Waals surface area contributed by atoms with Crippen molar-refractivity contribution in [2.45, 2.75) is 32.6 Å². The van der Waals surface area contributed by atoms with Gasteiger partial charge in [0, 0.05) is 43.4 Å². The summed E-state index contributed by atoms with van der Waals surface area (Å²) in [6.45, 7) is 7.94. The van der Waals surface area contributed by atoms with Gasteiger partial charge in [-0.25, -0.2) is 9.97 Å². The number of piperazine rings is 1. The molecule has 1 saturated carbocycles. The maximum Gasteiger partial charge on any atom is 0.177 e. The van der Waals surface area contributed by atoms with Gasteiger partial charge in [0.1, 0.15) is 23.8 Å².